The molecule has 0 saturated carbocycles. The van der Waals surface area contributed by atoms with E-state index in [0.717, 1.165) is 11.3 Å². The molecule has 2 aromatic carbocycles. The van der Waals surface area contributed by atoms with Crippen molar-refractivity contribution in [3.05, 3.63) is 53.6 Å². The van der Waals surface area contributed by atoms with E-state index in [-0.39, 0.29) is 16.2 Å². The van der Waals surface area contributed by atoms with E-state index in [1.807, 2.05) is 31.2 Å². The molecule has 1 aliphatic rings. The summed E-state index contributed by atoms with van der Waals surface area (Å²) in [5.41, 5.74) is 2.88. The first-order valence-electron chi connectivity index (χ1n) is 10.6. The highest BCUT2D eigenvalue weighted by atomic mass is 32.2. The number of carbonyl (C=O) groups is 1. The molecular weight excluding hydrogens is 412 g/mol. The van der Waals surface area contributed by atoms with Gasteiger partial charge in [0.25, 0.3) is 5.91 Å². The number of hydrogen-bond acceptors (Lipinski definition) is 4. The van der Waals surface area contributed by atoms with Crippen LogP contribution in [-0.2, 0) is 26.7 Å². The number of hydrogen-bond donors (Lipinski definition) is 0. The van der Waals surface area contributed by atoms with Gasteiger partial charge in [-0.1, -0.05) is 39.8 Å². The second-order valence-corrected chi connectivity index (χ2v) is 11.3. The Labute approximate surface area is 185 Å². The van der Waals surface area contributed by atoms with Crippen molar-refractivity contribution >= 4 is 21.6 Å². The Morgan fingerprint density at radius 2 is 1.77 bits per heavy atom. The van der Waals surface area contributed by atoms with E-state index >= 15 is 0 Å². The molecule has 0 radical (unpaired) electrons. The number of sulfonamides is 1. The highest BCUT2D eigenvalue weighted by Gasteiger charge is 2.32. The van der Waals surface area contributed by atoms with E-state index in [2.05, 4.69) is 20.8 Å². The van der Waals surface area contributed by atoms with Crippen LogP contribution in [0.15, 0.2) is 47.4 Å². The van der Waals surface area contributed by atoms with E-state index in [1.54, 1.807) is 23.1 Å². The van der Waals surface area contributed by atoms with Crippen molar-refractivity contribution in [1.82, 2.24) is 4.31 Å². The maximum absolute atomic E-state index is 13.2. The minimum atomic E-state index is -3.51. The number of carbonyl (C=O) groups excluding carboxylic acids is 1. The van der Waals surface area contributed by atoms with Gasteiger partial charge in [-0.3, -0.25) is 4.79 Å². The fourth-order valence-electron chi connectivity index (χ4n) is 3.66. The molecule has 31 heavy (non-hydrogen) atoms. The van der Waals surface area contributed by atoms with E-state index in [0.29, 0.717) is 25.1 Å². The Kier molecular flexibility index (Phi) is 6.48. The standard InChI is InChI=1S/C24H32N2O4S/c1-7-22(30-19-10-8-18(9-11-19)24(2,3)4)23(27)26-15-14-17-16-20(12-13-21(17)26)31(28,29)25(5)6/h8-13,16,22H,7,14-15H2,1-6H3. The van der Waals surface area contributed by atoms with Gasteiger partial charge in [0.2, 0.25) is 10.0 Å². The Bertz CT molecular complexity index is 1050. The molecule has 3 rings (SSSR count). The third kappa shape index (κ3) is 4.77. The van der Waals surface area contributed by atoms with Gasteiger partial charge in [-0.05, 0) is 59.7 Å². The number of nitrogens with zero attached hydrogens (tertiary/aromatic N) is 2. The van der Waals surface area contributed by atoms with Crippen LogP contribution in [0.2, 0.25) is 0 Å². The first-order valence-corrected chi connectivity index (χ1v) is 12.0. The molecule has 0 spiro atoms. The SMILES string of the molecule is CCC(Oc1ccc(C(C)(C)C)cc1)C(=O)N1CCc2cc(S(=O)(=O)N(C)C)ccc21. The minimum absolute atomic E-state index is 0.0523. The van der Waals surface area contributed by atoms with Gasteiger partial charge in [0, 0.05) is 26.3 Å². The third-order valence-corrected chi connectivity index (χ3v) is 7.45. The summed E-state index contributed by atoms with van der Waals surface area (Å²) < 4.78 is 32.1. The number of ether oxygens (including phenoxy) is 1. The van der Waals surface area contributed by atoms with Crippen molar-refractivity contribution in [3.8, 4) is 5.75 Å². The maximum Gasteiger partial charge on any atom is 0.268 e. The van der Waals surface area contributed by atoms with Crippen LogP contribution < -0.4 is 9.64 Å². The summed E-state index contributed by atoms with van der Waals surface area (Å²) in [7, 11) is -0.488. The van der Waals surface area contributed by atoms with Crippen LogP contribution in [0.1, 0.15) is 45.2 Å². The zero-order chi connectivity index (χ0) is 23.0. The first-order chi connectivity index (χ1) is 14.4. The highest BCUT2D eigenvalue weighted by molar-refractivity contribution is 7.89. The third-order valence-electron chi connectivity index (χ3n) is 5.64. The van der Waals surface area contributed by atoms with Gasteiger partial charge in [0.05, 0.1) is 4.90 Å². The smallest absolute Gasteiger partial charge is 0.268 e. The topological polar surface area (TPSA) is 66.9 Å². The molecule has 0 saturated heterocycles. The van der Waals surface area contributed by atoms with Crippen molar-refractivity contribution in [2.45, 2.75) is 57.0 Å². The summed E-state index contributed by atoms with van der Waals surface area (Å²) in [5.74, 6) is 0.560. The number of fused-ring (bicyclic) bond motifs is 1. The average Bonchev–Trinajstić information content (AvgIpc) is 3.14. The van der Waals surface area contributed by atoms with Crippen molar-refractivity contribution in [2.24, 2.45) is 0 Å². The molecule has 0 bridgehead atoms. The van der Waals surface area contributed by atoms with Gasteiger partial charge in [0.1, 0.15) is 5.75 Å². The second-order valence-electron chi connectivity index (χ2n) is 9.11. The largest absolute Gasteiger partial charge is 0.481 e. The first kappa shape index (κ1) is 23.3. The summed E-state index contributed by atoms with van der Waals surface area (Å²) in [5, 5.41) is 0. The van der Waals surface area contributed by atoms with Gasteiger partial charge in [-0.2, -0.15) is 0 Å². The molecule has 1 unspecified atom stereocenters. The predicted molar refractivity (Wildman–Crippen MR) is 123 cm³/mol. The molecule has 6 nitrogen and oxygen atoms in total. The Morgan fingerprint density at radius 1 is 1.13 bits per heavy atom. The van der Waals surface area contributed by atoms with E-state index < -0.39 is 16.1 Å². The van der Waals surface area contributed by atoms with Crippen molar-refractivity contribution < 1.29 is 17.9 Å². The van der Waals surface area contributed by atoms with Gasteiger partial charge in [-0.15, -0.1) is 0 Å². The quantitative estimate of drug-likeness (QED) is 0.676. The summed E-state index contributed by atoms with van der Waals surface area (Å²) in [6.45, 7) is 8.90. The zero-order valence-electron chi connectivity index (χ0n) is 19.2. The van der Waals surface area contributed by atoms with Crippen LogP contribution >= 0.6 is 0 Å². The van der Waals surface area contributed by atoms with Gasteiger partial charge in [0.15, 0.2) is 6.10 Å². The zero-order valence-corrected chi connectivity index (χ0v) is 20.0. The summed E-state index contributed by atoms with van der Waals surface area (Å²) in [4.78, 5) is 15.2. The predicted octanol–water partition coefficient (Wildman–Crippen LogP) is 3.98. The molecule has 1 atom stereocenters. The normalized spacial score (nSPS) is 15.1. The van der Waals surface area contributed by atoms with Gasteiger partial charge >= 0.3 is 0 Å². The lowest BCUT2D eigenvalue weighted by atomic mass is 9.87. The van der Waals surface area contributed by atoms with E-state index in [4.69, 9.17) is 4.74 Å². The number of benzene rings is 2. The number of anilines is 1. The molecule has 1 aliphatic heterocycles. The maximum atomic E-state index is 13.2. The van der Waals surface area contributed by atoms with Crippen LogP contribution in [0, 0.1) is 0 Å². The molecule has 0 N–H and O–H groups in total. The second kappa shape index (κ2) is 8.63. The van der Waals surface area contributed by atoms with E-state index in [1.165, 1.54) is 24.0 Å². The van der Waals surface area contributed by atoms with Crippen molar-refractivity contribution in [3.63, 3.8) is 0 Å². The van der Waals surface area contributed by atoms with Gasteiger partial charge < -0.3 is 9.64 Å². The molecule has 0 fully saturated rings. The van der Waals surface area contributed by atoms with Crippen LogP contribution in [-0.4, -0.2) is 45.4 Å². The number of amides is 1. The lowest BCUT2D eigenvalue weighted by Gasteiger charge is -2.25. The molecule has 2 aromatic rings. The Balaban J connectivity index is 1.79. The lowest BCUT2D eigenvalue weighted by Crippen LogP contribution is -2.41. The van der Waals surface area contributed by atoms with E-state index in [9.17, 15) is 13.2 Å². The molecule has 7 heteroatoms. The average molecular weight is 445 g/mol. The van der Waals surface area contributed by atoms with Crippen molar-refractivity contribution in [2.75, 3.05) is 25.5 Å². The molecule has 0 aliphatic carbocycles. The molecule has 168 valence electrons. The molecule has 1 heterocycles. The fraction of sp³-hybridized carbons (Fsp3) is 0.458. The van der Waals surface area contributed by atoms with Crippen LogP contribution in [0.4, 0.5) is 5.69 Å². The van der Waals surface area contributed by atoms with Crippen LogP contribution in [0.3, 0.4) is 0 Å². The monoisotopic (exact) mass is 444 g/mol. The minimum Gasteiger partial charge on any atom is -0.481 e. The summed E-state index contributed by atoms with van der Waals surface area (Å²) >= 11 is 0. The lowest BCUT2D eigenvalue weighted by molar-refractivity contribution is -0.125. The Morgan fingerprint density at radius 3 is 2.32 bits per heavy atom. The Hall–Kier alpha value is -2.38. The fourth-order valence-corrected chi connectivity index (χ4v) is 4.61. The molecular formula is C24H32N2O4S. The highest BCUT2D eigenvalue weighted by Crippen LogP contribution is 2.32. The van der Waals surface area contributed by atoms with Crippen LogP contribution in [0.5, 0.6) is 5.75 Å². The van der Waals surface area contributed by atoms with Crippen LogP contribution in [0.25, 0.3) is 0 Å². The van der Waals surface area contributed by atoms with Crippen molar-refractivity contribution in [1.29, 1.82) is 0 Å². The summed E-state index contributed by atoms with van der Waals surface area (Å²) in [6, 6.07) is 12.8. The van der Waals surface area contributed by atoms with Gasteiger partial charge in [-0.25, -0.2) is 12.7 Å². The number of rotatable bonds is 6. The summed E-state index contributed by atoms with van der Waals surface area (Å²) in [6.07, 6.45) is 0.560. The molecule has 1 amide bonds. The molecule has 0 aromatic heterocycles.